The summed E-state index contributed by atoms with van der Waals surface area (Å²) in [4.78, 5) is 49.5. The van der Waals surface area contributed by atoms with Gasteiger partial charge in [0.1, 0.15) is 17.7 Å². The maximum Gasteiger partial charge on any atom is 0.309 e. The number of carbonyl (C=O) groups is 4. The molecular formula is C33H53NO6. The molecule has 0 amide bonds. The summed E-state index contributed by atoms with van der Waals surface area (Å²) in [5, 5.41) is 8.92. The third-order valence-corrected chi connectivity index (χ3v) is 12.5. The van der Waals surface area contributed by atoms with E-state index in [9.17, 15) is 19.2 Å². The van der Waals surface area contributed by atoms with Crippen LogP contribution in [-0.2, 0) is 23.9 Å². The molecule has 0 aliphatic heterocycles. The molecule has 0 bridgehead atoms. The number of esters is 1. The molecule has 1 unspecified atom stereocenters. The van der Waals surface area contributed by atoms with Crippen molar-refractivity contribution in [2.24, 2.45) is 58.0 Å². The van der Waals surface area contributed by atoms with Crippen LogP contribution in [0.1, 0.15) is 118 Å². The van der Waals surface area contributed by atoms with Crippen molar-refractivity contribution < 1.29 is 29.0 Å². The van der Waals surface area contributed by atoms with E-state index in [1.54, 1.807) is 6.92 Å². The fourth-order valence-electron chi connectivity index (χ4n) is 9.85. The zero-order chi connectivity index (χ0) is 29.4. The largest absolute Gasteiger partial charge is 0.481 e. The number of carbonyl (C=O) groups excluding carboxylic acids is 3. The highest BCUT2D eigenvalue weighted by molar-refractivity contribution is 5.88. The summed E-state index contributed by atoms with van der Waals surface area (Å²) >= 11 is 0. The molecule has 0 aromatic rings. The molecular weight excluding hydrogens is 506 g/mol. The molecule has 226 valence electrons. The number of fused-ring (bicyclic) bond motifs is 5. The molecule has 0 radical (unpaired) electrons. The smallest absolute Gasteiger partial charge is 0.309 e. The van der Waals surface area contributed by atoms with E-state index in [0.29, 0.717) is 29.5 Å². The molecule has 4 rings (SSSR count). The minimum absolute atomic E-state index is 0.00760. The SMILES string of the molecule is CCC(C)[C@H](CC(=O)[C@@H](N)CCC(=O)O)C(=O)O[C@@H]1CC[C@@]2(C)[C@@H](CC[C@@H]3[C@@H]2CC[C@]2(C)[C@@H](C(C)=O)CC[C@@H]32)C1. The number of carboxylic acid groups (broad SMARTS) is 1. The Kier molecular flexibility index (Phi) is 9.53. The molecule has 7 heteroatoms. The van der Waals surface area contributed by atoms with E-state index in [0.717, 1.165) is 44.9 Å². The first-order valence-electron chi connectivity index (χ1n) is 16.0. The molecule has 0 aromatic carbocycles. The Morgan fingerprint density at radius 3 is 2.30 bits per heavy atom. The standard InChI is InChI=1S/C33H53NO6/c1-6-19(2)24(18-29(36)28(34)11-12-30(37)38)31(39)40-22-13-15-32(4)21(17-22)7-8-23-26-10-9-25(20(3)35)33(26,5)16-14-27(23)32/h19,21-28H,6-18,34H2,1-5H3,(H,37,38)/t19?,21-,22+,23-,24-,25+,26-,27-,28-,32-,33+/m0/s1. The van der Waals surface area contributed by atoms with E-state index in [-0.39, 0.29) is 59.8 Å². The van der Waals surface area contributed by atoms with Crippen molar-refractivity contribution in [2.45, 2.75) is 130 Å². The highest BCUT2D eigenvalue weighted by Gasteiger charge is 2.61. The van der Waals surface area contributed by atoms with Gasteiger partial charge in [-0.25, -0.2) is 0 Å². The molecule has 3 N–H and O–H groups in total. The Labute approximate surface area is 240 Å². The Balaban J connectivity index is 1.38. The first-order valence-corrected chi connectivity index (χ1v) is 16.0. The van der Waals surface area contributed by atoms with E-state index >= 15 is 0 Å². The van der Waals surface area contributed by atoms with Gasteiger partial charge < -0.3 is 15.6 Å². The number of Topliss-reactive ketones (excluding diaryl/α,β-unsaturated/α-hetero) is 2. The fourth-order valence-corrected chi connectivity index (χ4v) is 9.85. The van der Waals surface area contributed by atoms with E-state index < -0.39 is 17.9 Å². The van der Waals surface area contributed by atoms with Crippen molar-refractivity contribution in [1.82, 2.24) is 0 Å². The monoisotopic (exact) mass is 559 g/mol. The summed E-state index contributed by atoms with van der Waals surface area (Å²) in [6.45, 7) is 10.7. The number of hydrogen-bond donors (Lipinski definition) is 2. The number of ketones is 2. The lowest BCUT2D eigenvalue weighted by Crippen LogP contribution is -2.54. The van der Waals surface area contributed by atoms with Crippen molar-refractivity contribution in [2.75, 3.05) is 0 Å². The molecule has 4 fully saturated rings. The normalized spacial score (nSPS) is 39.1. The quantitative estimate of drug-likeness (QED) is 0.299. The topological polar surface area (TPSA) is 124 Å². The molecule has 40 heavy (non-hydrogen) atoms. The lowest BCUT2D eigenvalue weighted by atomic mass is 9.44. The second kappa shape index (κ2) is 12.2. The summed E-state index contributed by atoms with van der Waals surface area (Å²) < 4.78 is 6.15. The molecule has 4 aliphatic carbocycles. The average molecular weight is 560 g/mol. The predicted octanol–water partition coefficient (Wildman–Crippen LogP) is 5.96. The Morgan fingerprint density at radius 2 is 1.65 bits per heavy atom. The van der Waals surface area contributed by atoms with Crippen molar-refractivity contribution in [3.8, 4) is 0 Å². The number of nitrogens with two attached hydrogens (primary N) is 1. The third kappa shape index (κ3) is 5.91. The number of hydrogen-bond acceptors (Lipinski definition) is 6. The van der Waals surface area contributed by atoms with Crippen LogP contribution in [-0.4, -0.2) is 40.8 Å². The van der Waals surface area contributed by atoms with Gasteiger partial charge in [-0.3, -0.25) is 19.2 Å². The van der Waals surface area contributed by atoms with E-state index in [1.807, 2.05) is 13.8 Å². The van der Waals surface area contributed by atoms with Gasteiger partial charge in [0.05, 0.1) is 12.0 Å². The number of carboxylic acids is 1. The summed E-state index contributed by atoms with van der Waals surface area (Å²) in [6.07, 6.45) is 10.4. The second-order valence-electron chi connectivity index (χ2n) is 14.5. The van der Waals surface area contributed by atoms with Crippen molar-refractivity contribution in [3.05, 3.63) is 0 Å². The minimum Gasteiger partial charge on any atom is -0.481 e. The van der Waals surface area contributed by atoms with Crippen LogP contribution < -0.4 is 5.73 Å². The van der Waals surface area contributed by atoms with Crippen LogP contribution in [0.3, 0.4) is 0 Å². The molecule has 0 heterocycles. The van der Waals surface area contributed by atoms with Gasteiger partial charge in [-0.2, -0.15) is 0 Å². The molecule has 0 aromatic heterocycles. The maximum absolute atomic E-state index is 13.4. The van der Waals surface area contributed by atoms with Crippen LogP contribution in [0.5, 0.6) is 0 Å². The molecule has 4 saturated carbocycles. The van der Waals surface area contributed by atoms with Gasteiger partial charge in [0.15, 0.2) is 0 Å². The Morgan fingerprint density at radius 1 is 0.975 bits per heavy atom. The number of rotatable bonds is 11. The summed E-state index contributed by atoms with van der Waals surface area (Å²) in [7, 11) is 0. The van der Waals surface area contributed by atoms with Crippen LogP contribution >= 0.6 is 0 Å². The van der Waals surface area contributed by atoms with Crippen LogP contribution in [0.25, 0.3) is 0 Å². The minimum atomic E-state index is -0.981. The first-order chi connectivity index (χ1) is 18.8. The Hall–Kier alpha value is -1.76. The van der Waals surface area contributed by atoms with Gasteiger partial charge in [-0.15, -0.1) is 0 Å². The molecule has 0 spiro atoms. The highest BCUT2D eigenvalue weighted by Crippen LogP contribution is 2.67. The van der Waals surface area contributed by atoms with Crippen molar-refractivity contribution in [1.29, 1.82) is 0 Å². The summed E-state index contributed by atoms with van der Waals surface area (Å²) in [5.41, 5.74) is 6.38. The lowest BCUT2D eigenvalue weighted by Gasteiger charge is -2.61. The van der Waals surface area contributed by atoms with E-state index in [4.69, 9.17) is 15.6 Å². The molecule has 7 nitrogen and oxygen atoms in total. The van der Waals surface area contributed by atoms with Crippen LogP contribution in [0.2, 0.25) is 0 Å². The Bertz CT molecular complexity index is 980. The van der Waals surface area contributed by atoms with Crippen LogP contribution in [0, 0.1) is 52.3 Å². The molecule has 11 atom stereocenters. The van der Waals surface area contributed by atoms with Crippen molar-refractivity contribution in [3.63, 3.8) is 0 Å². The van der Waals surface area contributed by atoms with Gasteiger partial charge in [0.2, 0.25) is 0 Å². The third-order valence-electron chi connectivity index (χ3n) is 12.5. The summed E-state index contributed by atoms with van der Waals surface area (Å²) in [5.74, 6) is 1.07. The first kappa shape index (κ1) is 31.2. The van der Waals surface area contributed by atoms with Gasteiger partial charge in [-0.05, 0) is 112 Å². The zero-order valence-corrected chi connectivity index (χ0v) is 25.5. The number of aliphatic carboxylic acids is 1. The highest BCUT2D eigenvalue weighted by atomic mass is 16.5. The maximum atomic E-state index is 13.4. The van der Waals surface area contributed by atoms with E-state index in [2.05, 4.69) is 13.8 Å². The van der Waals surface area contributed by atoms with Gasteiger partial charge in [0, 0.05) is 18.8 Å². The predicted molar refractivity (Wildman–Crippen MR) is 153 cm³/mol. The van der Waals surface area contributed by atoms with Gasteiger partial charge in [0.25, 0.3) is 0 Å². The van der Waals surface area contributed by atoms with E-state index in [1.165, 1.54) is 19.3 Å². The van der Waals surface area contributed by atoms with Crippen LogP contribution in [0.15, 0.2) is 0 Å². The average Bonchev–Trinajstić information content (AvgIpc) is 3.27. The van der Waals surface area contributed by atoms with Crippen LogP contribution in [0.4, 0.5) is 0 Å². The molecule has 0 saturated heterocycles. The fraction of sp³-hybridized carbons (Fsp3) is 0.879. The van der Waals surface area contributed by atoms with Gasteiger partial charge >= 0.3 is 11.9 Å². The number of ether oxygens (including phenoxy) is 1. The molecule has 4 aliphatic rings. The zero-order valence-electron chi connectivity index (χ0n) is 25.5. The van der Waals surface area contributed by atoms with Gasteiger partial charge in [-0.1, -0.05) is 34.1 Å². The second-order valence-corrected chi connectivity index (χ2v) is 14.5. The van der Waals surface area contributed by atoms with Crippen molar-refractivity contribution >= 4 is 23.5 Å². The summed E-state index contributed by atoms with van der Waals surface area (Å²) in [6, 6.07) is -0.871. The lowest BCUT2D eigenvalue weighted by molar-refractivity contribution is -0.169.